The number of carbonyl (C=O) groups excluding carboxylic acids is 1. The van der Waals surface area contributed by atoms with E-state index in [1.807, 2.05) is 33.7 Å². The predicted octanol–water partition coefficient (Wildman–Crippen LogP) is 4.40. The minimum Gasteiger partial charge on any atom is -0.342 e. The summed E-state index contributed by atoms with van der Waals surface area (Å²) in [6, 6.07) is 7.76. The third kappa shape index (κ3) is 4.27. The van der Waals surface area contributed by atoms with E-state index in [0.29, 0.717) is 16.3 Å². The maximum Gasteiger partial charge on any atom is 0.262 e. The van der Waals surface area contributed by atoms with Crippen molar-refractivity contribution in [1.82, 2.24) is 14.5 Å². The van der Waals surface area contributed by atoms with Gasteiger partial charge >= 0.3 is 0 Å². The second-order valence-corrected chi connectivity index (χ2v) is 8.90. The molecule has 0 unspecified atom stereocenters. The van der Waals surface area contributed by atoms with E-state index in [1.165, 1.54) is 31.0 Å². The smallest absolute Gasteiger partial charge is 0.262 e. The van der Waals surface area contributed by atoms with Crippen molar-refractivity contribution in [3.8, 4) is 0 Å². The van der Waals surface area contributed by atoms with Crippen LogP contribution in [0.5, 0.6) is 0 Å². The van der Waals surface area contributed by atoms with E-state index in [0.717, 1.165) is 57.1 Å². The Morgan fingerprint density at radius 3 is 2.43 bits per heavy atom. The molecule has 28 heavy (non-hydrogen) atoms. The number of amides is 1. The SMILES string of the molecule is O=C(CSc1nc2ccccc2c(=O)n1C1CCCCC1)N1CCCCCC1. The van der Waals surface area contributed by atoms with Gasteiger partial charge in [0, 0.05) is 19.1 Å². The van der Waals surface area contributed by atoms with Crippen molar-refractivity contribution in [3.05, 3.63) is 34.6 Å². The number of nitrogens with zero attached hydrogens (tertiary/aromatic N) is 3. The number of likely N-dealkylation sites (tertiary alicyclic amines) is 1. The maximum atomic E-state index is 13.3. The van der Waals surface area contributed by atoms with E-state index >= 15 is 0 Å². The summed E-state index contributed by atoms with van der Waals surface area (Å²) in [5, 5.41) is 1.38. The van der Waals surface area contributed by atoms with Crippen LogP contribution in [0.2, 0.25) is 0 Å². The van der Waals surface area contributed by atoms with E-state index in [9.17, 15) is 9.59 Å². The molecule has 1 saturated carbocycles. The van der Waals surface area contributed by atoms with E-state index in [-0.39, 0.29) is 17.5 Å². The van der Waals surface area contributed by atoms with Crippen LogP contribution in [0.15, 0.2) is 34.2 Å². The van der Waals surface area contributed by atoms with Crippen LogP contribution < -0.4 is 5.56 Å². The number of thioether (sulfide) groups is 1. The fourth-order valence-corrected chi connectivity index (χ4v) is 5.40. The summed E-state index contributed by atoms with van der Waals surface area (Å²) in [4.78, 5) is 32.8. The van der Waals surface area contributed by atoms with Crippen molar-refractivity contribution in [3.63, 3.8) is 0 Å². The van der Waals surface area contributed by atoms with Gasteiger partial charge in [-0.25, -0.2) is 4.98 Å². The molecule has 0 spiro atoms. The molecule has 0 bridgehead atoms. The van der Waals surface area contributed by atoms with Crippen LogP contribution in [0.4, 0.5) is 0 Å². The largest absolute Gasteiger partial charge is 0.342 e. The number of aromatic nitrogens is 2. The molecule has 1 aliphatic carbocycles. The van der Waals surface area contributed by atoms with Crippen LogP contribution in [-0.4, -0.2) is 39.2 Å². The van der Waals surface area contributed by atoms with Gasteiger partial charge in [-0.2, -0.15) is 0 Å². The molecule has 1 aliphatic heterocycles. The van der Waals surface area contributed by atoms with Crippen molar-refractivity contribution >= 4 is 28.6 Å². The number of hydrogen-bond acceptors (Lipinski definition) is 4. The van der Waals surface area contributed by atoms with Crippen LogP contribution in [0.1, 0.15) is 63.8 Å². The quantitative estimate of drug-likeness (QED) is 0.565. The molecule has 5 nitrogen and oxygen atoms in total. The summed E-state index contributed by atoms with van der Waals surface area (Å²) in [7, 11) is 0. The molecule has 0 radical (unpaired) electrons. The molecule has 1 saturated heterocycles. The Labute approximate surface area is 170 Å². The monoisotopic (exact) mass is 399 g/mol. The maximum absolute atomic E-state index is 13.3. The molecule has 1 aromatic carbocycles. The first kappa shape index (κ1) is 19.5. The lowest BCUT2D eigenvalue weighted by Gasteiger charge is -2.26. The molecular weight excluding hydrogens is 370 g/mol. The van der Waals surface area contributed by atoms with Gasteiger partial charge in [0.05, 0.1) is 16.7 Å². The number of para-hydroxylation sites is 1. The van der Waals surface area contributed by atoms with Crippen LogP contribution in [-0.2, 0) is 4.79 Å². The van der Waals surface area contributed by atoms with Crippen molar-refractivity contribution < 1.29 is 4.79 Å². The highest BCUT2D eigenvalue weighted by atomic mass is 32.2. The van der Waals surface area contributed by atoms with Gasteiger partial charge in [0.1, 0.15) is 0 Å². The highest BCUT2D eigenvalue weighted by Crippen LogP contribution is 2.31. The predicted molar refractivity (Wildman–Crippen MR) is 114 cm³/mol. The lowest BCUT2D eigenvalue weighted by molar-refractivity contribution is -0.128. The fraction of sp³-hybridized carbons (Fsp3) is 0.591. The fourth-order valence-electron chi connectivity index (χ4n) is 4.43. The van der Waals surface area contributed by atoms with Gasteiger partial charge < -0.3 is 4.90 Å². The summed E-state index contributed by atoms with van der Waals surface area (Å²) in [6.07, 6.45) is 10.2. The lowest BCUT2D eigenvalue weighted by atomic mass is 9.95. The first-order valence-electron chi connectivity index (χ1n) is 10.7. The minimum absolute atomic E-state index is 0.0437. The van der Waals surface area contributed by atoms with Crippen LogP contribution in [0, 0.1) is 0 Å². The molecule has 6 heteroatoms. The summed E-state index contributed by atoms with van der Waals surface area (Å²) < 4.78 is 1.89. The van der Waals surface area contributed by atoms with Gasteiger partial charge in [0.15, 0.2) is 5.16 Å². The van der Waals surface area contributed by atoms with Gasteiger partial charge in [-0.1, -0.05) is 56.0 Å². The van der Waals surface area contributed by atoms with E-state index < -0.39 is 0 Å². The van der Waals surface area contributed by atoms with Gasteiger partial charge in [-0.15, -0.1) is 0 Å². The molecule has 4 rings (SSSR count). The Morgan fingerprint density at radius 1 is 1.00 bits per heavy atom. The third-order valence-electron chi connectivity index (χ3n) is 6.00. The third-order valence-corrected chi connectivity index (χ3v) is 6.94. The molecular formula is C22H29N3O2S. The molecule has 1 aromatic heterocycles. The van der Waals surface area contributed by atoms with Crippen LogP contribution >= 0.6 is 11.8 Å². The van der Waals surface area contributed by atoms with E-state index in [2.05, 4.69) is 0 Å². The topological polar surface area (TPSA) is 55.2 Å². The Hall–Kier alpha value is -1.82. The normalized spacial score (nSPS) is 18.9. The first-order valence-corrected chi connectivity index (χ1v) is 11.6. The average Bonchev–Trinajstić information content (AvgIpc) is 3.02. The number of benzene rings is 1. The van der Waals surface area contributed by atoms with Gasteiger partial charge in [0.25, 0.3) is 5.56 Å². The summed E-state index contributed by atoms with van der Waals surface area (Å²) in [6.45, 7) is 1.72. The Kier molecular flexibility index (Phi) is 6.35. The van der Waals surface area contributed by atoms with E-state index in [1.54, 1.807) is 0 Å². The van der Waals surface area contributed by atoms with Crippen LogP contribution in [0.25, 0.3) is 10.9 Å². The Balaban J connectivity index is 1.61. The van der Waals surface area contributed by atoms with Crippen molar-refractivity contribution in [1.29, 1.82) is 0 Å². The standard InChI is InChI=1S/C22H29N3O2S/c26-20(24-14-8-1-2-9-15-24)16-28-22-23-19-13-7-6-12-18(19)21(27)25(22)17-10-4-3-5-11-17/h6-7,12-13,17H,1-5,8-11,14-16H2. The van der Waals surface area contributed by atoms with Gasteiger partial charge in [0.2, 0.25) is 5.91 Å². The summed E-state index contributed by atoms with van der Waals surface area (Å²) in [5.74, 6) is 0.529. The van der Waals surface area contributed by atoms with Crippen molar-refractivity contribution in [2.45, 2.75) is 69.0 Å². The summed E-state index contributed by atoms with van der Waals surface area (Å²) >= 11 is 1.44. The molecule has 0 atom stereocenters. The summed E-state index contributed by atoms with van der Waals surface area (Å²) in [5.41, 5.74) is 0.770. The number of rotatable bonds is 4. The zero-order chi connectivity index (χ0) is 19.3. The number of hydrogen-bond donors (Lipinski definition) is 0. The molecule has 2 aliphatic rings. The molecule has 1 amide bonds. The molecule has 2 fully saturated rings. The Bertz CT molecular complexity index is 881. The highest BCUT2D eigenvalue weighted by Gasteiger charge is 2.23. The highest BCUT2D eigenvalue weighted by molar-refractivity contribution is 7.99. The number of fused-ring (bicyclic) bond motifs is 1. The zero-order valence-corrected chi connectivity index (χ0v) is 17.3. The Morgan fingerprint density at radius 2 is 1.68 bits per heavy atom. The second-order valence-electron chi connectivity index (χ2n) is 7.96. The molecule has 150 valence electrons. The van der Waals surface area contributed by atoms with Gasteiger partial charge in [-0.3, -0.25) is 14.2 Å². The number of carbonyl (C=O) groups is 1. The minimum atomic E-state index is 0.0437. The molecule has 0 N–H and O–H groups in total. The molecule has 2 aromatic rings. The van der Waals surface area contributed by atoms with Gasteiger partial charge in [-0.05, 0) is 37.8 Å². The van der Waals surface area contributed by atoms with Crippen molar-refractivity contribution in [2.75, 3.05) is 18.8 Å². The zero-order valence-electron chi connectivity index (χ0n) is 16.4. The lowest BCUT2D eigenvalue weighted by Crippen LogP contribution is -2.34. The first-order chi connectivity index (χ1) is 13.7. The van der Waals surface area contributed by atoms with E-state index in [4.69, 9.17) is 4.98 Å². The van der Waals surface area contributed by atoms with Crippen molar-refractivity contribution in [2.24, 2.45) is 0 Å². The van der Waals surface area contributed by atoms with Crippen LogP contribution in [0.3, 0.4) is 0 Å². The molecule has 2 heterocycles. The average molecular weight is 400 g/mol. The second kappa shape index (κ2) is 9.12.